The number of urea groups is 1. The van der Waals surface area contributed by atoms with Crippen LogP contribution in [0.25, 0.3) is 11.1 Å². The van der Waals surface area contributed by atoms with Gasteiger partial charge in [0.2, 0.25) is 0 Å². The summed E-state index contributed by atoms with van der Waals surface area (Å²) >= 11 is 3.29. The molecule has 0 aliphatic carbocycles. The van der Waals surface area contributed by atoms with Crippen molar-refractivity contribution in [1.82, 2.24) is 19.6 Å². The quantitative estimate of drug-likeness (QED) is 0.284. The molecule has 0 saturated heterocycles. The van der Waals surface area contributed by atoms with Crippen LogP contribution in [0.3, 0.4) is 0 Å². The molecule has 2 aromatic carbocycles. The maximum Gasteiger partial charge on any atom is 0.328 e. The first-order valence-corrected chi connectivity index (χ1v) is 15.1. The molecule has 188 valence electrons. The van der Waals surface area contributed by atoms with Crippen LogP contribution in [0.5, 0.6) is 0 Å². The van der Waals surface area contributed by atoms with E-state index in [1.807, 2.05) is 48.1 Å². The van der Waals surface area contributed by atoms with Crippen molar-refractivity contribution in [3.63, 3.8) is 0 Å². The lowest BCUT2D eigenvalue weighted by atomic mass is 10.0. The highest BCUT2D eigenvalue weighted by Crippen LogP contribution is 2.28. The highest BCUT2D eigenvalue weighted by molar-refractivity contribution is 7.98. The average molecular weight is 541 g/mol. The number of carbonyl (C=O) groups is 1. The first-order valence-electron chi connectivity index (χ1n) is 11.4. The minimum Gasteiger partial charge on any atom is -0.333 e. The molecular formula is C26H28N4O3S3. The Kier molecular flexibility index (Phi) is 8.50. The fraction of sp³-hybridized carbons (Fsp3) is 0.231. The fourth-order valence-electron chi connectivity index (χ4n) is 3.79. The molecule has 1 atom stereocenters. The molecule has 2 N–H and O–H groups in total. The van der Waals surface area contributed by atoms with Crippen LogP contribution >= 0.6 is 23.1 Å². The Hall–Kier alpha value is -3.08. The largest absolute Gasteiger partial charge is 0.333 e. The van der Waals surface area contributed by atoms with Gasteiger partial charge in [-0.1, -0.05) is 55.5 Å². The second-order valence-electron chi connectivity index (χ2n) is 8.39. The summed E-state index contributed by atoms with van der Waals surface area (Å²) in [5, 5.41) is 4.48. The Morgan fingerprint density at radius 2 is 1.89 bits per heavy atom. The second-order valence-corrected chi connectivity index (χ2v) is 12.0. The van der Waals surface area contributed by atoms with Crippen LogP contribution in [0.1, 0.15) is 29.0 Å². The third kappa shape index (κ3) is 6.57. The average Bonchev–Trinajstić information content (AvgIpc) is 3.56. The highest BCUT2D eigenvalue weighted by atomic mass is 32.2. The summed E-state index contributed by atoms with van der Waals surface area (Å²) in [7, 11) is -4.07. The van der Waals surface area contributed by atoms with Gasteiger partial charge in [-0.05, 0) is 34.9 Å². The van der Waals surface area contributed by atoms with E-state index in [9.17, 15) is 13.2 Å². The van der Waals surface area contributed by atoms with Crippen LogP contribution in [0.4, 0.5) is 4.79 Å². The number of thiophene rings is 1. The van der Waals surface area contributed by atoms with Gasteiger partial charge in [0.25, 0.3) is 10.0 Å². The van der Waals surface area contributed by atoms with Gasteiger partial charge in [0, 0.05) is 34.9 Å². The SMILES string of the molecule is CSCC(C)c1cn(Cc2ccc(-c3ccccc3S(=O)(=O)NC(=O)NCc3cccs3)cc2)cn1. The standard InChI is InChI=1S/C26H28N4O3S3/c1-19(17-34-2)24-16-30(18-28-24)15-20-9-11-21(12-10-20)23-7-3-4-8-25(23)36(32,33)29-26(31)27-14-22-6-5-13-35-22/h3-13,16,18-19H,14-15,17H2,1-2H3,(H2,27,29,31). The normalized spacial score (nSPS) is 12.3. The lowest BCUT2D eigenvalue weighted by Gasteiger charge is -2.13. The summed E-state index contributed by atoms with van der Waals surface area (Å²) in [5.74, 6) is 1.42. The number of carbonyl (C=O) groups excluding carboxylic acids is 1. The highest BCUT2D eigenvalue weighted by Gasteiger charge is 2.21. The molecule has 2 amide bonds. The Morgan fingerprint density at radius 1 is 1.11 bits per heavy atom. The molecule has 7 nitrogen and oxygen atoms in total. The summed E-state index contributed by atoms with van der Waals surface area (Å²) < 4.78 is 30.2. The van der Waals surface area contributed by atoms with E-state index in [1.54, 1.807) is 30.0 Å². The molecule has 0 spiro atoms. The molecule has 2 aromatic heterocycles. The number of nitrogens with zero attached hydrogens (tertiary/aromatic N) is 2. The van der Waals surface area contributed by atoms with Gasteiger partial charge in [-0.15, -0.1) is 11.3 Å². The zero-order valence-corrected chi connectivity index (χ0v) is 22.5. The monoisotopic (exact) mass is 540 g/mol. The maximum absolute atomic E-state index is 13.0. The summed E-state index contributed by atoms with van der Waals surface area (Å²) in [6, 6.07) is 17.4. The van der Waals surface area contributed by atoms with Crippen LogP contribution in [0.15, 0.2) is 83.5 Å². The fourth-order valence-corrected chi connectivity index (χ4v) is 6.26. The van der Waals surface area contributed by atoms with Gasteiger partial charge >= 0.3 is 6.03 Å². The van der Waals surface area contributed by atoms with E-state index in [1.165, 1.54) is 17.4 Å². The van der Waals surface area contributed by atoms with E-state index in [4.69, 9.17) is 0 Å². The molecule has 0 bridgehead atoms. The van der Waals surface area contributed by atoms with Crippen molar-refractivity contribution in [3.8, 4) is 11.1 Å². The zero-order chi connectivity index (χ0) is 25.5. The van der Waals surface area contributed by atoms with Crippen LogP contribution < -0.4 is 10.0 Å². The smallest absolute Gasteiger partial charge is 0.328 e. The van der Waals surface area contributed by atoms with Crippen molar-refractivity contribution in [1.29, 1.82) is 0 Å². The first-order chi connectivity index (χ1) is 17.4. The molecule has 0 fully saturated rings. The summed E-state index contributed by atoms with van der Waals surface area (Å²) in [6.45, 7) is 3.11. The lowest BCUT2D eigenvalue weighted by Crippen LogP contribution is -2.39. The van der Waals surface area contributed by atoms with E-state index >= 15 is 0 Å². The number of sulfonamides is 1. The molecule has 10 heteroatoms. The van der Waals surface area contributed by atoms with Gasteiger partial charge in [-0.2, -0.15) is 11.8 Å². The molecule has 2 heterocycles. The molecule has 36 heavy (non-hydrogen) atoms. The second kappa shape index (κ2) is 11.8. The summed E-state index contributed by atoms with van der Waals surface area (Å²) in [5.41, 5.74) is 3.43. The van der Waals surface area contributed by atoms with Gasteiger partial charge in [0.1, 0.15) is 0 Å². The van der Waals surface area contributed by atoms with Crippen molar-refractivity contribution < 1.29 is 13.2 Å². The number of amides is 2. The molecule has 4 aromatic rings. The van der Waals surface area contributed by atoms with E-state index < -0.39 is 16.1 Å². The zero-order valence-electron chi connectivity index (χ0n) is 20.0. The molecule has 0 aliphatic rings. The van der Waals surface area contributed by atoms with E-state index in [2.05, 4.69) is 39.0 Å². The summed E-state index contributed by atoms with van der Waals surface area (Å²) in [4.78, 5) is 17.8. The third-order valence-corrected chi connectivity index (χ3v) is 8.71. The molecule has 0 radical (unpaired) electrons. The predicted octanol–water partition coefficient (Wildman–Crippen LogP) is 5.31. The number of hydrogen-bond donors (Lipinski definition) is 2. The predicted molar refractivity (Wildman–Crippen MR) is 147 cm³/mol. The van der Waals surface area contributed by atoms with Gasteiger partial charge in [0.05, 0.1) is 23.5 Å². The Balaban J connectivity index is 1.46. The number of benzene rings is 2. The number of aromatic nitrogens is 2. The summed E-state index contributed by atoms with van der Waals surface area (Å²) in [6.07, 6.45) is 6.01. The molecule has 0 saturated carbocycles. The van der Waals surface area contributed by atoms with Gasteiger partial charge in [-0.3, -0.25) is 0 Å². The minimum absolute atomic E-state index is 0.0473. The van der Waals surface area contributed by atoms with E-state index in [0.29, 0.717) is 18.0 Å². The molecular weight excluding hydrogens is 513 g/mol. The Bertz CT molecular complexity index is 1400. The minimum atomic E-state index is -4.07. The van der Waals surface area contributed by atoms with Crippen molar-refractivity contribution in [2.75, 3.05) is 12.0 Å². The van der Waals surface area contributed by atoms with Crippen LogP contribution in [0.2, 0.25) is 0 Å². The Labute approximate surface area is 220 Å². The Morgan fingerprint density at radius 3 is 2.61 bits per heavy atom. The van der Waals surface area contributed by atoms with Crippen LogP contribution in [-0.2, 0) is 23.1 Å². The molecule has 0 aliphatic heterocycles. The number of rotatable bonds is 10. The van der Waals surface area contributed by atoms with Crippen LogP contribution in [0, 0.1) is 0 Å². The van der Waals surface area contributed by atoms with Crippen molar-refractivity contribution in [2.24, 2.45) is 0 Å². The number of imidazole rings is 1. The van der Waals surface area contributed by atoms with Gasteiger partial charge in [0.15, 0.2) is 0 Å². The lowest BCUT2D eigenvalue weighted by molar-refractivity contribution is 0.245. The first kappa shape index (κ1) is 26.0. The number of nitrogens with one attached hydrogen (secondary N) is 2. The molecule has 4 rings (SSSR count). The topological polar surface area (TPSA) is 93.1 Å². The van der Waals surface area contributed by atoms with Crippen molar-refractivity contribution >= 4 is 39.2 Å². The maximum atomic E-state index is 13.0. The van der Waals surface area contributed by atoms with E-state index in [-0.39, 0.29) is 11.4 Å². The van der Waals surface area contributed by atoms with Crippen LogP contribution in [-0.4, -0.2) is 36.0 Å². The number of thioether (sulfide) groups is 1. The van der Waals surface area contributed by atoms with Gasteiger partial charge < -0.3 is 9.88 Å². The number of hydrogen-bond acceptors (Lipinski definition) is 6. The van der Waals surface area contributed by atoms with Crippen molar-refractivity contribution in [3.05, 3.63) is 94.7 Å². The molecule has 1 unspecified atom stereocenters. The van der Waals surface area contributed by atoms with E-state index in [0.717, 1.165) is 27.5 Å². The van der Waals surface area contributed by atoms with Crippen molar-refractivity contribution in [2.45, 2.75) is 30.8 Å². The van der Waals surface area contributed by atoms with Gasteiger partial charge in [-0.25, -0.2) is 22.9 Å². The third-order valence-electron chi connectivity index (χ3n) is 5.61.